The average Bonchev–Trinajstić information content (AvgIpc) is 3.38. The summed E-state index contributed by atoms with van der Waals surface area (Å²) in [5.41, 5.74) is 6.08. The first kappa shape index (κ1) is 24.6. The highest BCUT2D eigenvalue weighted by atomic mass is 16.5. The van der Waals surface area contributed by atoms with Crippen LogP contribution in [-0.2, 0) is 18.3 Å². The molecule has 37 heavy (non-hydrogen) atoms. The predicted molar refractivity (Wildman–Crippen MR) is 145 cm³/mol. The highest BCUT2D eigenvalue weighted by molar-refractivity contribution is 5.77. The molecule has 5 rings (SSSR count). The van der Waals surface area contributed by atoms with E-state index >= 15 is 0 Å². The van der Waals surface area contributed by atoms with Crippen LogP contribution in [0.3, 0.4) is 0 Å². The summed E-state index contributed by atoms with van der Waals surface area (Å²) >= 11 is 0. The second-order valence-electron chi connectivity index (χ2n) is 9.61. The van der Waals surface area contributed by atoms with E-state index in [9.17, 15) is 9.59 Å². The molecule has 8 nitrogen and oxygen atoms in total. The van der Waals surface area contributed by atoms with Gasteiger partial charge in [-0.3, -0.25) is 9.59 Å². The van der Waals surface area contributed by atoms with E-state index < -0.39 is 0 Å². The van der Waals surface area contributed by atoms with Gasteiger partial charge in [-0.05, 0) is 38.0 Å². The highest BCUT2D eigenvalue weighted by Crippen LogP contribution is 2.24. The molecule has 0 unspecified atom stereocenters. The van der Waals surface area contributed by atoms with Gasteiger partial charge < -0.3 is 19.1 Å². The molecule has 2 aromatic heterocycles. The Hall–Kier alpha value is -4.07. The molecule has 4 aromatic rings. The number of hydrogen-bond donors (Lipinski definition) is 0. The van der Waals surface area contributed by atoms with Crippen LogP contribution in [0.15, 0.2) is 59.4 Å². The van der Waals surface area contributed by atoms with E-state index in [0.717, 1.165) is 52.7 Å². The summed E-state index contributed by atoms with van der Waals surface area (Å²) in [7, 11) is 3.61. The van der Waals surface area contributed by atoms with Gasteiger partial charge in [0, 0.05) is 74.3 Å². The first-order chi connectivity index (χ1) is 17.9. The lowest BCUT2D eigenvalue weighted by Gasteiger charge is -2.36. The zero-order chi connectivity index (χ0) is 26.1. The Labute approximate surface area is 216 Å². The minimum absolute atomic E-state index is 0.0768. The molecule has 0 aliphatic carbocycles. The number of anilines is 1. The minimum atomic E-state index is -0.152. The molecule has 0 spiro atoms. The van der Waals surface area contributed by atoms with Crippen molar-refractivity contribution in [2.45, 2.75) is 26.7 Å². The molecule has 192 valence electrons. The molecular formula is C29H33N5O3. The van der Waals surface area contributed by atoms with Gasteiger partial charge >= 0.3 is 0 Å². The van der Waals surface area contributed by atoms with E-state index in [1.165, 1.54) is 4.52 Å². The van der Waals surface area contributed by atoms with Gasteiger partial charge in [-0.25, -0.2) is 0 Å². The number of aryl methyl sites for hydroxylation is 2. The quantitative estimate of drug-likeness (QED) is 0.405. The van der Waals surface area contributed by atoms with Crippen LogP contribution < -0.4 is 15.2 Å². The summed E-state index contributed by atoms with van der Waals surface area (Å²) in [6, 6.07) is 18.0. The molecule has 0 N–H and O–H groups in total. The Morgan fingerprint density at radius 3 is 2.49 bits per heavy atom. The van der Waals surface area contributed by atoms with Crippen LogP contribution in [0.2, 0.25) is 0 Å². The summed E-state index contributed by atoms with van der Waals surface area (Å²) in [6.45, 7) is 6.82. The molecule has 0 atom stereocenters. The van der Waals surface area contributed by atoms with E-state index in [2.05, 4.69) is 16.1 Å². The summed E-state index contributed by atoms with van der Waals surface area (Å²) in [5.74, 6) is 0.904. The number of amides is 1. The van der Waals surface area contributed by atoms with Crippen molar-refractivity contribution in [3.8, 4) is 17.0 Å². The summed E-state index contributed by atoms with van der Waals surface area (Å²) < 4.78 is 8.80. The highest BCUT2D eigenvalue weighted by Gasteiger charge is 2.23. The summed E-state index contributed by atoms with van der Waals surface area (Å²) in [6.07, 6.45) is 0.690. The van der Waals surface area contributed by atoms with Crippen molar-refractivity contribution in [2.75, 3.05) is 38.2 Å². The molecule has 8 heteroatoms. The van der Waals surface area contributed by atoms with Gasteiger partial charge in [-0.2, -0.15) is 9.61 Å². The van der Waals surface area contributed by atoms with E-state index in [0.29, 0.717) is 31.5 Å². The van der Waals surface area contributed by atoms with Crippen LogP contribution in [0, 0.1) is 13.8 Å². The molecular weight excluding hydrogens is 466 g/mol. The number of carbonyl (C=O) groups excluding carboxylic acids is 1. The Morgan fingerprint density at radius 2 is 1.76 bits per heavy atom. The number of hydrogen-bond acceptors (Lipinski definition) is 5. The molecule has 1 aliphatic rings. The SMILES string of the molecule is COc1cccc(N2CCN(C(=O)CCc3c(C)n(C)c4cc(-c5ccccc5C)nn4c3=O)CC2)c1. The maximum atomic E-state index is 13.4. The fraction of sp³-hybridized carbons (Fsp3) is 0.345. The first-order valence-corrected chi connectivity index (χ1v) is 12.7. The van der Waals surface area contributed by atoms with Crippen LogP contribution in [0.25, 0.3) is 16.9 Å². The number of nitrogens with zero attached hydrogens (tertiary/aromatic N) is 5. The van der Waals surface area contributed by atoms with Crippen molar-refractivity contribution in [1.29, 1.82) is 0 Å². The number of ether oxygens (including phenoxy) is 1. The topological polar surface area (TPSA) is 72.1 Å². The molecule has 1 saturated heterocycles. The Bertz CT molecular complexity index is 1510. The Kier molecular flexibility index (Phi) is 6.74. The van der Waals surface area contributed by atoms with Crippen molar-refractivity contribution >= 4 is 17.2 Å². The Balaban J connectivity index is 1.29. The van der Waals surface area contributed by atoms with Gasteiger partial charge in [-0.1, -0.05) is 30.3 Å². The van der Waals surface area contributed by atoms with Crippen molar-refractivity contribution < 1.29 is 9.53 Å². The molecule has 1 aliphatic heterocycles. The third-order valence-corrected chi connectivity index (χ3v) is 7.49. The fourth-order valence-electron chi connectivity index (χ4n) is 5.11. The lowest BCUT2D eigenvalue weighted by atomic mass is 10.1. The van der Waals surface area contributed by atoms with Crippen LogP contribution in [0.5, 0.6) is 5.75 Å². The van der Waals surface area contributed by atoms with Crippen molar-refractivity contribution in [1.82, 2.24) is 19.1 Å². The fourth-order valence-corrected chi connectivity index (χ4v) is 5.11. The number of piperazine rings is 1. The number of aromatic nitrogens is 3. The number of fused-ring (bicyclic) bond motifs is 1. The zero-order valence-corrected chi connectivity index (χ0v) is 21.9. The van der Waals surface area contributed by atoms with Crippen LogP contribution in [0.1, 0.15) is 23.2 Å². The normalized spacial score (nSPS) is 13.8. The molecule has 3 heterocycles. The standard InChI is InChI=1S/C29H33N5O3/c1-20-8-5-6-11-24(20)26-19-27-31(3)21(2)25(29(36)34(27)30-26)12-13-28(35)33-16-14-32(15-17-33)22-9-7-10-23(18-22)37-4/h5-11,18-19H,12-17H2,1-4H3. The van der Waals surface area contributed by atoms with Crippen LogP contribution in [-0.4, -0.2) is 58.3 Å². The third kappa shape index (κ3) is 4.71. The van der Waals surface area contributed by atoms with Gasteiger partial charge in [0.1, 0.15) is 11.4 Å². The van der Waals surface area contributed by atoms with Crippen LogP contribution >= 0.6 is 0 Å². The molecule has 0 saturated carbocycles. The van der Waals surface area contributed by atoms with E-state index in [1.807, 2.05) is 78.9 Å². The van der Waals surface area contributed by atoms with Crippen molar-refractivity contribution in [2.24, 2.45) is 7.05 Å². The zero-order valence-electron chi connectivity index (χ0n) is 21.9. The largest absolute Gasteiger partial charge is 0.497 e. The average molecular weight is 500 g/mol. The van der Waals surface area contributed by atoms with Crippen molar-refractivity contribution in [3.05, 3.63) is 81.8 Å². The minimum Gasteiger partial charge on any atom is -0.497 e. The van der Waals surface area contributed by atoms with Gasteiger partial charge in [0.25, 0.3) is 5.56 Å². The van der Waals surface area contributed by atoms with Crippen molar-refractivity contribution in [3.63, 3.8) is 0 Å². The van der Waals surface area contributed by atoms with E-state index in [1.54, 1.807) is 7.11 Å². The number of carbonyl (C=O) groups is 1. The summed E-state index contributed by atoms with van der Waals surface area (Å²) in [4.78, 5) is 30.7. The monoisotopic (exact) mass is 499 g/mol. The second kappa shape index (κ2) is 10.1. The van der Waals surface area contributed by atoms with Gasteiger partial charge in [0.2, 0.25) is 5.91 Å². The van der Waals surface area contributed by atoms with Gasteiger partial charge in [0.05, 0.1) is 12.8 Å². The molecule has 1 amide bonds. The first-order valence-electron chi connectivity index (χ1n) is 12.7. The smallest absolute Gasteiger partial charge is 0.277 e. The van der Waals surface area contributed by atoms with E-state index in [-0.39, 0.29) is 11.5 Å². The van der Waals surface area contributed by atoms with Crippen LogP contribution in [0.4, 0.5) is 5.69 Å². The number of methoxy groups -OCH3 is 1. The van der Waals surface area contributed by atoms with Gasteiger partial charge in [0.15, 0.2) is 0 Å². The lowest BCUT2D eigenvalue weighted by Crippen LogP contribution is -2.49. The molecule has 0 radical (unpaired) electrons. The molecule has 2 aromatic carbocycles. The second-order valence-corrected chi connectivity index (χ2v) is 9.61. The number of benzene rings is 2. The van der Waals surface area contributed by atoms with Gasteiger partial charge in [-0.15, -0.1) is 0 Å². The van der Waals surface area contributed by atoms with E-state index in [4.69, 9.17) is 4.74 Å². The molecule has 0 bridgehead atoms. The predicted octanol–water partition coefficient (Wildman–Crippen LogP) is 3.61. The third-order valence-electron chi connectivity index (χ3n) is 7.49. The lowest BCUT2D eigenvalue weighted by molar-refractivity contribution is -0.131. The number of rotatable bonds is 6. The molecule has 1 fully saturated rings. The summed E-state index contributed by atoms with van der Waals surface area (Å²) in [5, 5.41) is 4.65. The maximum Gasteiger partial charge on any atom is 0.277 e. The Morgan fingerprint density at radius 1 is 1.00 bits per heavy atom. The maximum absolute atomic E-state index is 13.4.